The third-order valence-corrected chi connectivity index (χ3v) is 2.68. The number of nitrogens with two attached hydrogens (primary N) is 1. The Morgan fingerprint density at radius 3 is 2.75 bits per heavy atom. The van der Waals surface area contributed by atoms with Gasteiger partial charge in [0, 0.05) is 19.1 Å². The van der Waals surface area contributed by atoms with Crippen LogP contribution >= 0.6 is 0 Å². The molecule has 2 aliphatic rings. The fourth-order valence-corrected chi connectivity index (χ4v) is 1.55. The average Bonchev–Trinajstić information content (AvgIpc) is 3.11. The fourth-order valence-electron chi connectivity index (χ4n) is 1.55. The number of amides is 1. The largest absolute Gasteiger partial charge is 0.378 e. The number of hydrogen-bond donors (Lipinski definition) is 2. The molecule has 6 heteroatoms. The van der Waals surface area contributed by atoms with Gasteiger partial charge in [-0.15, -0.1) is 0 Å². The molecule has 0 aromatic carbocycles. The Hall–Kier alpha value is -1.30. The molecule has 90 valence electrons. The molecule has 2 rings (SSSR count). The summed E-state index contributed by atoms with van der Waals surface area (Å²) < 4.78 is 5.17. The SMILES string of the molecule is NC(=NCC(=O)N1CCOCC1)NC1CC1. The van der Waals surface area contributed by atoms with Crippen molar-refractivity contribution in [3.8, 4) is 0 Å². The number of nitrogens with zero attached hydrogens (tertiary/aromatic N) is 2. The predicted molar refractivity (Wildman–Crippen MR) is 60.0 cm³/mol. The molecule has 0 radical (unpaired) electrons. The van der Waals surface area contributed by atoms with Crippen LogP contribution in [-0.4, -0.2) is 55.7 Å². The molecule has 2 fully saturated rings. The molecule has 16 heavy (non-hydrogen) atoms. The molecular weight excluding hydrogens is 208 g/mol. The highest BCUT2D eigenvalue weighted by atomic mass is 16.5. The molecule has 1 amide bonds. The third-order valence-electron chi connectivity index (χ3n) is 2.68. The van der Waals surface area contributed by atoms with Crippen LogP contribution in [0.2, 0.25) is 0 Å². The molecule has 0 atom stereocenters. The second-order valence-corrected chi connectivity index (χ2v) is 4.11. The first kappa shape index (κ1) is 11.2. The van der Waals surface area contributed by atoms with Gasteiger partial charge in [0.05, 0.1) is 13.2 Å². The lowest BCUT2D eigenvalue weighted by molar-refractivity contribution is -0.133. The molecule has 1 saturated heterocycles. The third kappa shape index (κ3) is 3.37. The van der Waals surface area contributed by atoms with Gasteiger partial charge in [0.1, 0.15) is 6.54 Å². The summed E-state index contributed by atoms with van der Waals surface area (Å²) in [5.41, 5.74) is 5.64. The van der Waals surface area contributed by atoms with Crippen LogP contribution in [0.3, 0.4) is 0 Å². The minimum Gasteiger partial charge on any atom is -0.378 e. The average molecular weight is 226 g/mol. The summed E-state index contributed by atoms with van der Waals surface area (Å²) in [5.74, 6) is 0.396. The molecule has 0 spiro atoms. The molecule has 6 nitrogen and oxygen atoms in total. The smallest absolute Gasteiger partial charge is 0.244 e. The van der Waals surface area contributed by atoms with Crippen LogP contribution in [0, 0.1) is 0 Å². The first-order chi connectivity index (χ1) is 7.75. The van der Waals surface area contributed by atoms with E-state index in [1.807, 2.05) is 0 Å². The van der Waals surface area contributed by atoms with Crippen LogP contribution in [-0.2, 0) is 9.53 Å². The maximum Gasteiger partial charge on any atom is 0.244 e. The van der Waals surface area contributed by atoms with Crippen LogP contribution < -0.4 is 11.1 Å². The van der Waals surface area contributed by atoms with Gasteiger partial charge in [0.2, 0.25) is 5.91 Å². The van der Waals surface area contributed by atoms with E-state index in [2.05, 4.69) is 10.3 Å². The highest BCUT2D eigenvalue weighted by Crippen LogP contribution is 2.17. The Morgan fingerprint density at radius 1 is 1.44 bits per heavy atom. The number of aliphatic imine (C=N–C) groups is 1. The van der Waals surface area contributed by atoms with Crippen LogP contribution in [0.4, 0.5) is 0 Å². The van der Waals surface area contributed by atoms with Gasteiger partial charge in [-0.25, -0.2) is 4.99 Å². The minimum absolute atomic E-state index is 0.0175. The minimum atomic E-state index is 0.0175. The van der Waals surface area contributed by atoms with Crippen LogP contribution in [0.1, 0.15) is 12.8 Å². The number of carbonyl (C=O) groups is 1. The summed E-state index contributed by atoms with van der Waals surface area (Å²) in [6.07, 6.45) is 2.29. The highest BCUT2D eigenvalue weighted by Gasteiger charge is 2.21. The second kappa shape index (κ2) is 5.16. The summed E-state index contributed by atoms with van der Waals surface area (Å²) in [7, 11) is 0. The maximum absolute atomic E-state index is 11.7. The first-order valence-corrected chi connectivity index (χ1v) is 5.67. The van der Waals surface area contributed by atoms with Crippen molar-refractivity contribution in [3.63, 3.8) is 0 Å². The number of ether oxygens (including phenoxy) is 1. The fraction of sp³-hybridized carbons (Fsp3) is 0.800. The zero-order chi connectivity index (χ0) is 11.4. The highest BCUT2D eigenvalue weighted by molar-refractivity contribution is 5.84. The topological polar surface area (TPSA) is 80.0 Å². The molecular formula is C10H18N4O2. The number of hydrogen-bond acceptors (Lipinski definition) is 3. The van der Waals surface area contributed by atoms with E-state index in [9.17, 15) is 4.79 Å². The van der Waals surface area contributed by atoms with Gasteiger partial charge >= 0.3 is 0 Å². The lowest BCUT2D eigenvalue weighted by atomic mass is 10.4. The van der Waals surface area contributed by atoms with E-state index in [0.29, 0.717) is 38.3 Å². The predicted octanol–water partition coefficient (Wildman–Crippen LogP) is -1.09. The zero-order valence-electron chi connectivity index (χ0n) is 9.32. The van der Waals surface area contributed by atoms with Crippen LogP contribution in [0.5, 0.6) is 0 Å². The van der Waals surface area contributed by atoms with Gasteiger partial charge in [0.15, 0.2) is 5.96 Å². The second-order valence-electron chi connectivity index (χ2n) is 4.11. The van der Waals surface area contributed by atoms with E-state index in [0.717, 1.165) is 12.8 Å². The van der Waals surface area contributed by atoms with E-state index in [1.54, 1.807) is 4.90 Å². The molecule has 1 saturated carbocycles. The van der Waals surface area contributed by atoms with Gasteiger partial charge in [-0.1, -0.05) is 0 Å². The molecule has 1 aliphatic heterocycles. The Bertz CT molecular complexity index is 283. The van der Waals surface area contributed by atoms with Gasteiger partial charge in [-0.3, -0.25) is 4.79 Å². The molecule has 1 heterocycles. The quantitative estimate of drug-likeness (QED) is 0.473. The van der Waals surface area contributed by atoms with Gasteiger partial charge in [-0.05, 0) is 12.8 Å². The molecule has 0 aromatic rings. The Balaban J connectivity index is 1.72. The normalized spacial score (nSPS) is 22.0. The van der Waals surface area contributed by atoms with E-state index >= 15 is 0 Å². The lowest BCUT2D eigenvalue weighted by Crippen LogP contribution is -2.42. The van der Waals surface area contributed by atoms with Crippen molar-refractivity contribution in [2.45, 2.75) is 18.9 Å². The zero-order valence-corrected chi connectivity index (χ0v) is 9.32. The van der Waals surface area contributed by atoms with Crippen molar-refractivity contribution in [1.29, 1.82) is 0 Å². The summed E-state index contributed by atoms with van der Waals surface area (Å²) in [6.45, 7) is 2.68. The van der Waals surface area contributed by atoms with E-state index < -0.39 is 0 Å². The maximum atomic E-state index is 11.7. The molecule has 3 N–H and O–H groups in total. The summed E-state index contributed by atoms with van der Waals surface area (Å²) in [6, 6.07) is 0.474. The van der Waals surface area contributed by atoms with Gasteiger partial charge in [-0.2, -0.15) is 0 Å². The van der Waals surface area contributed by atoms with Crippen molar-refractivity contribution < 1.29 is 9.53 Å². The van der Waals surface area contributed by atoms with Crippen molar-refractivity contribution in [2.75, 3.05) is 32.8 Å². The Morgan fingerprint density at radius 2 is 2.12 bits per heavy atom. The van der Waals surface area contributed by atoms with Crippen molar-refractivity contribution >= 4 is 11.9 Å². The number of morpholine rings is 1. The standard InChI is InChI=1S/C10H18N4O2/c11-10(13-8-1-2-8)12-7-9(15)14-3-5-16-6-4-14/h8H,1-7H2,(H3,11,12,13). The van der Waals surface area contributed by atoms with Crippen molar-refractivity contribution in [1.82, 2.24) is 10.2 Å². The van der Waals surface area contributed by atoms with Gasteiger partial charge in [0.25, 0.3) is 0 Å². The monoisotopic (exact) mass is 226 g/mol. The molecule has 0 aromatic heterocycles. The first-order valence-electron chi connectivity index (χ1n) is 5.67. The van der Waals surface area contributed by atoms with E-state index in [-0.39, 0.29) is 12.5 Å². The summed E-state index contributed by atoms with van der Waals surface area (Å²) >= 11 is 0. The molecule has 0 unspecified atom stereocenters. The lowest BCUT2D eigenvalue weighted by Gasteiger charge is -2.26. The number of carbonyl (C=O) groups excluding carboxylic acids is 1. The van der Waals surface area contributed by atoms with E-state index in [1.165, 1.54) is 0 Å². The van der Waals surface area contributed by atoms with Crippen LogP contribution in [0.25, 0.3) is 0 Å². The summed E-state index contributed by atoms with van der Waals surface area (Å²) in [4.78, 5) is 17.5. The molecule has 0 bridgehead atoms. The number of nitrogens with one attached hydrogen (secondary N) is 1. The Labute approximate surface area is 94.8 Å². The number of guanidine groups is 1. The number of rotatable bonds is 3. The van der Waals surface area contributed by atoms with Crippen LogP contribution in [0.15, 0.2) is 4.99 Å². The summed E-state index contributed by atoms with van der Waals surface area (Å²) in [5, 5.41) is 3.04. The van der Waals surface area contributed by atoms with Gasteiger partial charge < -0.3 is 20.7 Å². The van der Waals surface area contributed by atoms with Crippen molar-refractivity contribution in [3.05, 3.63) is 0 Å². The Kier molecular flexibility index (Phi) is 3.61. The van der Waals surface area contributed by atoms with Crippen molar-refractivity contribution in [2.24, 2.45) is 10.7 Å². The molecule has 1 aliphatic carbocycles. The van der Waals surface area contributed by atoms with E-state index in [4.69, 9.17) is 10.5 Å².